The summed E-state index contributed by atoms with van der Waals surface area (Å²) in [7, 11) is 0. The van der Waals surface area contributed by atoms with E-state index in [4.69, 9.17) is 8.94 Å². The molecule has 0 radical (unpaired) electrons. The van der Waals surface area contributed by atoms with E-state index in [1.54, 1.807) is 18.4 Å². The maximum Gasteiger partial charge on any atom is 0.244 e. The highest BCUT2D eigenvalue weighted by atomic mass is 16.5. The van der Waals surface area contributed by atoms with E-state index >= 15 is 0 Å². The zero-order valence-electron chi connectivity index (χ0n) is 8.46. The van der Waals surface area contributed by atoms with Crippen LogP contribution in [-0.2, 0) is 0 Å². The fourth-order valence-corrected chi connectivity index (χ4v) is 1.79. The number of furan rings is 1. The number of aromatic nitrogens is 2. The van der Waals surface area contributed by atoms with E-state index in [2.05, 4.69) is 15.5 Å². The van der Waals surface area contributed by atoms with E-state index in [0.717, 1.165) is 0 Å². The van der Waals surface area contributed by atoms with E-state index in [1.807, 2.05) is 0 Å². The Labute approximate surface area is 91.3 Å². The van der Waals surface area contributed by atoms with Gasteiger partial charge in [-0.15, -0.1) is 0 Å². The first-order valence-corrected chi connectivity index (χ1v) is 5.12. The smallest absolute Gasteiger partial charge is 0.244 e. The van der Waals surface area contributed by atoms with Gasteiger partial charge in [0.2, 0.25) is 11.7 Å². The molecule has 0 aliphatic carbocycles. The van der Waals surface area contributed by atoms with Gasteiger partial charge in [-0.05, 0) is 18.6 Å². The van der Waals surface area contributed by atoms with E-state index in [-0.39, 0.29) is 12.1 Å². The topological polar surface area (TPSA) is 84.3 Å². The van der Waals surface area contributed by atoms with Gasteiger partial charge in [0.15, 0.2) is 5.76 Å². The van der Waals surface area contributed by atoms with E-state index < -0.39 is 0 Å². The number of nitrogens with zero attached hydrogens (tertiary/aromatic N) is 2. The van der Waals surface area contributed by atoms with Crippen molar-refractivity contribution in [3.8, 4) is 11.6 Å². The van der Waals surface area contributed by atoms with Crippen molar-refractivity contribution in [3.05, 3.63) is 24.3 Å². The third kappa shape index (κ3) is 1.62. The van der Waals surface area contributed by atoms with E-state index in [0.29, 0.717) is 30.4 Å². The number of rotatable bonds is 2. The minimum Gasteiger partial charge on any atom is -0.461 e. The van der Waals surface area contributed by atoms with Gasteiger partial charge in [0.1, 0.15) is 0 Å². The Balaban J connectivity index is 1.83. The predicted molar refractivity (Wildman–Crippen MR) is 53.4 cm³/mol. The van der Waals surface area contributed by atoms with Crippen LogP contribution in [0.15, 0.2) is 27.3 Å². The van der Waals surface area contributed by atoms with Gasteiger partial charge in [0, 0.05) is 6.54 Å². The second kappa shape index (κ2) is 3.73. The third-order valence-corrected chi connectivity index (χ3v) is 2.59. The average molecular weight is 221 g/mol. The molecule has 3 heterocycles. The normalized spacial score (nSPS) is 25.1. The van der Waals surface area contributed by atoms with Crippen LogP contribution < -0.4 is 5.32 Å². The first kappa shape index (κ1) is 9.56. The van der Waals surface area contributed by atoms with Crippen LogP contribution in [0.4, 0.5) is 0 Å². The Kier molecular flexibility index (Phi) is 2.23. The third-order valence-electron chi connectivity index (χ3n) is 2.59. The Morgan fingerprint density at radius 1 is 1.50 bits per heavy atom. The molecule has 1 fully saturated rings. The summed E-state index contributed by atoms with van der Waals surface area (Å²) < 4.78 is 10.3. The van der Waals surface area contributed by atoms with Crippen molar-refractivity contribution < 1.29 is 14.0 Å². The lowest BCUT2D eigenvalue weighted by molar-refractivity contribution is 0.191. The zero-order valence-corrected chi connectivity index (χ0v) is 8.46. The van der Waals surface area contributed by atoms with Gasteiger partial charge in [-0.25, -0.2) is 0 Å². The molecule has 84 valence electrons. The molecule has 3 rings (SSSR count). The summed E-state index contributed by atoms with van der Waals surface area (Å²) in [6.07, 6.45) is 1.81. The molecule has 16 heavy (non-hydrogen) atoms. The van der Waals surface area contributed by atoms with Gasteiger partial charge in [-0.1, -0.05) is 5.16 Å². The summed E-state index contributed by atoms with van der Waals surface area (Å²) in [5.74, 6) is 1.50. The monoisotopic (exact) mass is 221 g/mol. The van der Waals surface area contributed by atoms with E-state index in [9.17, 15) is 5.11 Å². The van der Waals surface area contributed by atoms with Crippen LogP contribution >= 0.6 is 0 Å². The average Bonchev–Trinajstić information content (AvgIpc) is 2.97. The van der Waals surface area contributed by atoms with Gasteiger partial charge in [-0.3, -0.25) is 0 Å². The molecule has 6 heteroatoms. The minimum absolute atomic E-state index is 0.0637. The first-order valence-electron chi connectivity index (χ1n) is 5.12. The number of hydrogen-bond acceptors (Lipinski definition) is 6. The summed E-state index contributed by atoms with van der Waals surface area (Å²) in [5.41, 5.74) is 0. The largest absolute Gasteiger partial charge is 0.461 e. The molecule has 2 atom stereocenters. The zero-order chi connectivity index (χ0) is 11.0. The number of aliphatic hydroxyl groups excluding tert-OH is 1. The first-order chi connectivity index (χ1) is 7.83. The molecule has 0 unspecified atom stereocenters. The predicted octanol–water partition coefficient (Wildman–Crippen LogP) is 0.725. The fourth-order valence-electron chi connectivity index (χ4n) is 1.79. The van der Waals surface area contributed by atoms with Crippen LogP contribution in [0.1, 0.15) is 18.4 Å². The van der Waals surface area contributed by atoms with Crippen LogP contribution in [0, 0.1) is 0 Å². The van der Waals surface area contributed by atoms with Crippen molar-refractivity contribution in [2.24, 2.45) is 0 Å². The number of aliphatic hydroxyl groups is 1. The molecule has 2 N–H and O–H groups in total. The Hall–Kier alpha value is -1.66. The lowest BCUT2D eigenvalue weighted by atomic mass is 10.2. The molecular weight excluding hydrogens is 210 g/mol. The summed E-state index contributed by atoms with van der Waals surface area (Å²) in [6, 6.07) is 3.47. The van der Waals surface area contributed by atoms with Crippen molar-refractivity contribution in [2.45, 2.75) is 18.6 Å². The molecule has 6 nitrogen and oxygen atoms in total. The SMILES string of the molecule is O[C@@H]1CN[C@@H](c2nc(-c3ccco3)no2)C1. The Morgan fingerprint density at radius 3 is 3.12 bits per heavy atom. The second-order valence-corrected chi connectivity index (χ2v) is 3.78. The van der Waals surface area contributed by atoms with Crippen molar-refractivity contribution in [2.75, 3.05) is 6.54 Å². The highest BCUT2D eigenvalue weighted by Gasteiger charge is 2.28. The van der Waals surface area contributed by atoms with Crippen LogP contribution in [-0.4, -0.2) is 27.9 Å². The van der Waals surface area contributed by atoms with Crippen LogP contribution in [0.25, 0.3) is 11.6 Å². The highest BCUT2D eigenvalue weighted by molar-refractivity contribution is 5.44. The molecule has 2 aromatic rings. The molecule has 0 aromatic carbocycles. The van der Waals surface area contributed by atoms with Gasteiger partial charge >= 0.3 is 0 Å². The number of nitrogens with one attached hydrogen (secondary N) is 1. The van der Waals surface area contributed by atoms with Crippen molar-refractivity contribution in [3.63, 3.8) is 0 Å². The standard InChI is InChI=1S/C10H11N3O3/c14-6-4-7(11-5-6)10-12-9(13-16-10)8-2-1-3-15-8/h1-3,6-7,11,14H,4-5H2/t6-,7+/m0/s1. The molecular formula is C10H11N3O3. The minimum atomic E-state index is -0.344. The van der Waals surface area contributed by atoms with E-state index in [1.165, 1.54) is 0 Å². The van der Waals surface area contributed by atoms with Crippen LogP contribution in [0.5, 0.6) is 0 Å². The van der Waals surface area contributed by atoms with Crippen molar-refractivity contribution >= 4 is 0 Å². The van der Waals surface area contributed by atoms with Gasteiger partial charge < -0.3 is 19.4 Å². The van der Waals surface area contributed by atoms with Crippen LogP contribution in [0.3, 0.4) is 0 Å². The number of hydrogen-bond donors (Lipinski definition) is 2. The summed E-state index contributed by atoms with van der Waals surface area (Å²) >= 11 is 0. The Morgan fingerprint density at radius 2 is 2.44 bits per heavy atom. The van der Waals surface area contributed by atoms with Crippen molar-refractivity contribution in [1.29, 1.82) is 0 Å². The molecule has 2 aromatic heterocycles. The molecule has 1 aliphatic heterocycles. The summed E-state index contributed by atoms with van der Waals surface area (Å²) in [6.45, 7) is 0.559. The molecule has 0 saturated carbocycles. The highest BCUT2D eigenvalue weighted by Crippen LogP contribution is 2.24. The maximum atomic E-state index is 9.38. The molecule has 0 amide bonds. The maximum absolute atomic E-state index is 9.38. The van der Waals surface area contributed by atoms with Gasteiger partial charge in [0.05, 0.1) is 18.4 Å². The lowest BCUT2D eigenvalue weighted by Gasteiger charge is -2.01. The quantitative estimate of drug-likeness (QED) is 0.777. The second-order valence-electron chi connectivity index (χ2n) is 3.78. The van der Waals surface area contributed by atoms with Gasteiger partial charge in [-0.2, -0.15) is 4.98 Å². The summed E-state index contributed by atoms with van der Waals surface area (Å²) in [5, 5.41) is 16.3. The lowest BCUT2D eigenvalue weighted by Crippen LogP contribution is -2.15. The molecule has 1 aliphatic rings. The fraction of sp³-hybridized carbons (Fsp3) is 0.400. The Bertz CT molecular complexity index is 465. The summed E-state index contributed by atoms with van der Waals surface area (Å²) in [4.78, 5) is 4.22. The molecule has 0 spiro atoms. The number of β-amino-alcohol motifs (C(OH)–C–C–N with tert-alkyl or cyclic N) is 1. The van der Waals surface area contributed by atoms with Crippen LogP contribution in [0.2, 0.25) is 0 Å². The van der Waals surface area contributed by atoms with Gasteiger partial charge in [0.25, 0.3) is 0 Å². The molecule has 1 saturated heterocycles. The van der Waals surface area contributed by atoms with Crippen molar-refractivity contribution in [1.82, 2.24) is 15.5 Å². The molecule has 0 bridgehead atoms.